The van der Waals surface area contributed by atoms with E-state index < -0.39 is 0 Å². The number of amides is 2. The maximum Gasteiger partial charge on any atom is 0.223 e. The SMILES string of the molecule is COc1ccc(CCC(=O)N2CCC(C(=O)NC(C)C(C)C)CC2)cc1OC. The monoisotopic (exact) mass is 390 g/mol. The summed E-state index contributed by atoms with van der Waals surface area (Å²) < 4.78 is 10.6. The van der Waals surface area contributed by atoms with Gasteiger partial charge < -0.3 is 19.7 Å². The lowest BCUT2D eigenvalue weighted by Gasteiger charge is -2.32. The van der Waals surface area contributed by atoms with Crippen LogP contribution in [0.2, 0.25) is 0 Å². The molecule has 1 saturated heterocycles. The molecule has 28 heavy (non-hydrogen) atoms. The van der Waals surface area contributed by atoms with Crippen LogP contribution in [-0.2, 0) is 16.0 Å². The average Bonchev–Trinajstić information content (AvgIpc) is 2.71. The molecule has 0 aromatic heterocycles. The molecule has 1 N–H and O–H groups in total. The molecule has 1 aromatic carbocycles. The van der Waals surface area contributed by atoms with E-state index in [-0.39, 0.29) is 23.8 Å². The number of piperidine rings is 1. The number of carbonyl (C=O) groups is 2. The summed E-state index contributed by atoms with van der Waals surface area (Å²) in [5, 5.41) is 3.10. The number of methoxy groups -OCH3 is 2. The number of ether oxygens (including phenoxy) is 2. The van der Waals surface area contributed by atoms with Crippen molar-refractivity contribution in [2.45, 2.75) is 52.5 Å². The van der Waals surface area contributed by atoms with E-state index in [1.807, 2.05) is 30.0 Å². The summed E-state index contributed by atoms with van der Waals surface area (Å²) in [4.78, 5) is 26.8. The van der Waals surface area contributed by atoms with Gasteiger partial charge in [-0.25, -0.2) is 0 Å². The van der Waals surface area contributed by atoms with Gasteiger partial charge in [-0.3, -0.25) is 9.59 Å². The second-order valence-electron chi connectivity index (χ2n) is 7.89. The smallest absolute Gasteiger partial charge is 0.223 e. The summed E-state index contributed by atoms with van der Waals surface area (Å²) in [6.45, 7) is 7.54. The fraction of sp³-hybridized carbons (Fsp3) is 0.636. The van der Waals surface area contributed by atoms with Crippen molar-refractivity contribution < 1.29 is 19.1 Å². The molecular weight excluding hydrogens is 356 g/mol. The van der Waals surface area contributed by atoms with E-state index >= 15 is 0 Å². The Kier molecular flexibility index (Phi) is 8.15. The van der Waals surface area contributed by atoms with Crippen molar-refractivity contribution >= 4 is 11.8 Å². The lowest BCUT2D eigenvalue weighted by molar-refractivity contribution is -0.135. The maximum absolute atomic E-state index is 12.6. The van der Waals surface area contributed by atoms with Gasteiger partial charge in [0.05, 0.1) is 14.2 Å². The molecule has 2 amide bonds. The second-order valence-corrected chi connectivity index (χ2v) is 7.89. The molecule has 1 aromatic rings. The largest absolute Gasteiger partial charge is 0.493 e. The highest BCUT2D eigenvalue weighted by Gasteiger charge is 2.28. The maximum atomic E-state index is 12.6. The number of likely N-dealkylation sites (tertiary alicyclic amines) is 1. The highest BCUT2D eigenvalue weighted by molar-refractivity contribution is 5.80. The Morgan fingerprint density at radius 3 is 2.32 bits per heavy atom. The quantitative estimate of drug-likeness (QED) is 0.741. The third-order valence-corrected chi connectivity index (χ3v) is 5.66. The molecule has 6 nitrogen and oxygen atoms in total. The van der Waals surface area contributed by atoms with Crippen LogP contribution >= 0.6 is 0 Å². The van der Waals surface area contributed by atoms with E-state index in [9.17, 15) is 9.59 Å². The van der Waals surface area contributed by atoms with Gasteiger partial charge in [-0.2, -0.15) is 0 Å². The van der Waals surface area contributed by atoms with Gasteiger partial charge >= 0.3 is 0 Å². The molecule has 1 aliphatic rings. The summed E-state index contributed by atoms with van der Waals surface area (Å²) in [5.74, 6) is 2.06. The number of aryl methyl sites for hydroxylation is 1. The molecule has 156 valence electrons. The van der Waals surface area contributed by atoms with Gasteiger partial charge in [0.15, 0.2) is 11.5 Å². The first-order valence-electron chi connectivity index (χ1n) is 10.1. The lowest BCUT2D eigenvalue weighted by atomic mass is 9.94. The number of nitrogens with zero attached hydrogens (tertiary/aromatic N) is 1. The van der Waals surface area contributed by atoms with Crippen LogP contribution in [0.3, 0.4) is 0 Å². The molecule has 0 radical (unpaired) electrons. The van der Waals surface area contributed by atoms with Crippen LogP contribution in [0.1, 0.15) is 45.6 Å². The zero-order chi connectivity index (χ0) is 20.7. The third-order valence-electron chi connectivity index (χ3n) is 5.66. The standard InChI is InChI=1S/C22H34N2O4/c1-15(2)16(3)23-22(26)18-10-12-24(13-11-18)21(25)9-7-17-6-8-19(27-4)20(14-17)28-5/h6,8,14-16,18H,7,9-13H2,1-5H3,(H,23,26). The first-order valence-corrected chi connectivity index (χ1v) is 10.1. The van der Waals surface area contributed by atoms with Gasteiger partial charge in [0.25, 0.3) is 0 Å². The first-order chi connectivity index (χ1) is 13.3. The summed E-state index contributed by atoms with van der Waals surface area (Å²) in [6.07, 6.45) is 2.58. The molecule has 1 fully saturated rings. The van der Waals surface area contributed by atoms with Crippen LogP contribution in [0.4, 0.5) is 0 Å². The summed E-state index contributed by atoms with van der Waals surface area (Å²) >= 11 is 0. The fourth-order valence-electron chi connectivity index (χ4n) is 3.35. The number of carbonyl (C=O) groups excluding carboxylic acids is 2. The van der Waals surface area contributed by atoms with Gasteiger partial charge in [0.2, 0.25) is 11.8 Å². The molecule has 1 heterocycles. The van der Waals surface area contributed by atoms with E-state index in [4.69, 9.17) is 9.47 Å². The molecule has 0 bridgehead atoms. The topological polar surface area (TPSA) is 67.9 Å². The Morgan fingerprint density at radius 2 is 1.75 bits per heavy atom. The second kappa shape index (κ2) is 10.3. The van der Waals surface area contributed by atoms with E-state index in [1.54, 1.807) is 14.2 Å². The Bertz CT molecular complexity index is 667. The zero-order valence-electron chi connectivity index (χ0n) is 17.8. The van der Waals surface area contributed by atoms with E-state index in [0.29, 0.717) is 43.3 Å². The van der Waals surface area contributed by atoms with Gasteiger partial charge in [-0.15, -0.1) is 0 Å². The van der Waals surface area contributed by atoms with Crippen LogP contribution in [0.25, 0.3) is 0 Å². The predicted molar refractivity (Wildman–Crippen MR) is 110 cm³/mol. The molecule has 0 aliphatic carbocycles. The normalized spacial score (nSPS) is 16.0. The van der Waals surface area contributed by atoms with Crippen molar-refractivity contribution in [3.8, 4) is 11.5 Å². The fourth-order valence-corrected chi connectivity index (χ4v) is 3.35. The van der Waals surface area contributed by atoms with Crippen LogP contribution in [-0.4, -0.2) is 50.1 Å². The molecule has 2 rings (SSSR count). The minimum Gasteiger partial charge on any atom is -0.493 e. The summed E-state index contributed by atoms with van der Waals surface area (Å²) in [5.41, 5.74) is 1.04. The molecule has 0 spiro atoms. The van der Waals surface area contributed by atoms with Crippen LogP contribution in [0.15, 0.2) is 18.2 Å². The molecular formula is C22H34N2O4. The highest BCUT2D eigenvalue weighted by atomic mass is 16.5. The van der Waals surface area contributed by atoms with Gasteiger partial charge in [-0.05, 0) is 49.8 Å². The van der Waals surface area contributed by atoms with Crippen molar-refractivity contribution in [3.63, 3.8) is 0 Å². The Labute approximate surface area is 168 Å². The number of benzene rings is 1. The van der Waals surface area contributed by atoms with Crippen molar-refractivity contribution in [1.29, 1.82) is 0 Å². The molecule has 1 atom stereocenters. The van der Waals surface area contributed by atoms with Crippen LogP contribution < -0.4 is 14.8 Å². The third kappa shape index (κ3) is 5.88. The Morgan fingerprint density at radius 1 is 1.11 bits per heavy atom. The minimum absolute atomic E-state index is 0.0103. The summed E-state index contributed by atoms with van der Waals surface area (Å²) in [7, 11) is 3.21. The average molecular weight is 391 g/mol. The van der Waals surface area contributed by atoms with Crippen molar-refractivity contribution in [3.05, 3.63) is 23.8 Å². The molecule has 6 heteroatoms. The van der Waals surface area contributed by atoms with Gasteiger partial charge in [-0.1, -0.05) is 19.9 Å². The van der Waals surface area contributed by atoms with Gasteiger partial charge in [0, 0.05) is 31.5 Å². The highest BCUT2D eigenvalue weighted by Crippen LogP contribution is 2.28. The number of nitrogens with one attached hydrogen (secondary N) is 1. The molecule has 1 aliphatic heterocycles. The molecule has 0 saturated carbocycles. The van der Waals surface area contributed by atoms with Crippen LogP contribution in [0, 0.1) is 11.8 Å². The van der Waals surface area contributed by atoms with Gasteiger partial charge in [0.1, 0.15) is 0 Å². The zero-order valence-corrected chi connectivity index (χ0v) is 17.8. The van der Waals surface area contributed by atoms with E-state index in [0.717, 1.165) is 18.4 Å². The van der Waals surface area contributed by atoms with Crippen molar-refractivity contribution in [2.75, 3.05) is 27.3 Å². The van der Waals surface area contributed by atoms with Crippen molar-refractivity contribution in [2.24, 2.45) is 11.8 Å². The number of rotatable bonds is 8. The minimum atomic E-state index is 0.0103. The number of hydrogen-bond acceptors (Lipinski definition) is 4. The first kappa shape index (κ1) is 22.1. The Hall–Kier alpha value is -2.24. The predicted octanol–water partition coefficient (Wildman–Crippen LogP) is 3.04. The molecule has 1 unspecified atom stereocenters. The lowest BCUT2D eigenvalue weighted by Crippen LogP contribution is -2.45. The van der Waals surface area contributed by atoms with E-state index in [1.165, 1.54) is 0 Å². The Balaban J connectivity index is 1.80. The van der Waals surface area contributed by atoms with Crippen LogP contribution in [0.5, 0.6) is 11.5 Å². The number of hydrogen-bond donors (Lipinski definition) is 1. The summed E-state index contributed by atoms with van der Waals surface area (Å²) in [6, 6.07) is 5.91. The van der Waals surface area contributed by atoms with E-state index in [2.05, 4.69) is 19.2 Å². The van der Waals surface area contributed by atoms with Crippen molar-refractivity contribution in [1.82, 2.24) is 10.2 Å².